The van der Waals surface area contributed by atoms with Crippen molar-refractivity contribution in [2.45, 2.75) is 37.7 Å². The average molecular weight is 563 g/mol. The summed E-state index contributed by atoms with van der Waals surface area (Å²) < 4.78 is 108. The number of piperidine rings is 1. The van der Waals surface area contributed by atoms with Gasteiger partial charge in [0.2, 0.25) is 5.95 Å². The molecule has 0 bridgehead atoms. The number of aryl methyl sites for hydroxylation is 1. The number of amides is 1. The van der Waals surface area contributed by atoms with Crippen LogP contribution in [0.15, 0.2) is 36.8 Å². The Bertz CT molecular complexity index is 1340. The number of carbonyl (C=O) groups is 1. The molecule has 0 saturated carbocycles. The minimum Gasteiger partial charge on any atom is -0.352 e. The molecule has 1 amide bonds. The van der Waals surface area contributed by atoms with Gasteiger partial charge in [-0.15, -0.1) is 0 Å². The first-order valence-corrected chi connectivity index (χ1v) is 11.5. The summed E-state index contributed by atoms with van der Waals surface area (Å²) >= 11 is 0. The van der Waals surface area contributed by atoms with Gasteiger partial charge in [-0.1, -0.05) is 13.0 Å². The molecule has 0 aromatic carbocycles. The topological polar surface area (TPSA) is 88.8 Å². The maximum Gasteiger partial charge on any atom is 0.433 e. The predicted molar refractivity (Wildman–Crippen MR) is 121 cm³/mol. The molecule has 210 valence electrons. The minimum absolute atomic E-state index is 0.0899. The summed E-state index contributed by atoms with van der Waals surface area (Å²) in [4.78, 5) is 25.2. The number of aromatic nitrogens is 5. The molecular weight excluding hydrogens is 542 g/mol. The number of likely N-dealkylation sites (tertiary alicyclic amines) is 1. The fourth-order valence-corrected chi connectivity index (χ4v) is 4.35. The number of anilines is 1. The van der Waals surface area contributed by atoms with E-state index in [1.54, 1.807) is 0 Å². The smallest absolute Gasteiger partial charge is 0.352 e. The fourth-order valence-electron chi connectivity index (χ4n) is 4.35. The number of hydrogen-bond acceptors (Lipinski definition) is 6. The quantitative estimate of drug-likeness (QED) is 0.444. The Morgan fingerprint density at radius 3 is 2.38 bits per heavy atom. The summed E-state index contributed by atoms with van der Waals surface area (Å²) in [5.41, 5.74) is -3.00. The third-order valence-electron chi connectivity index (χ3n) is 6.14. The molecule has 1 aliphatic rings. The van der Waals surface area contributed by atoms with Crippen molar-refractivity contribution in [2.75, 3.05) is 18.4 Å². The molecule has 4 rings (SSSR count). The third kappa shape index (κ3) is 6.25. The number of nitrogens with one attached hydrogen (secondary N) is 1. The van der Waals surface area contributed by atoms with Crippen molar-refractivity contribution in [1.29, 1.82) is 0 Å². The molecule has 16 heteroatoms. The highest BCUT2D eigenvalue weighted by Crippen LogP contribution is 2.37. The van der Waals surface area contributed by atoms with Gasteiger partial charge in [0.1, 0.15) is 5.69 Å². The lowest BCUT2D eigenvalue weighted by Gasteiger charge is -2.43. The fraction of sp³-hybridized carbons (Fsp3) is 0.435. The standard InChI is InChI=1S/C23H21F8N7O/c1-12-6-21(24,25)11-38(16(12)9-34-20-32-7-13(8-33-20)22(26,27)28)19(39)18-14(10-37(2)36-18)15-4-3-5-17(35-15)23(29,30)31/h3-5,7-8,10,12,16H,6,9,11H2,1-2H3,(H,32,33,34)/t12-,16-/m1/s1. The van der Waals surface area contributed by atoms with Gasteiger partial charge in [0.05, 0.1) is 29.4 Å². The zero-order valence-corrected chi connectivity index (χ0v) is 20.4. The Morgan fingerprint density at radius 2 is 1.77 bits per heavy atom. The predicted octanol–water partition coefficient (Wildman–Crippen LogP) is 4.91. The van der Waals surface area contributed by atoms with Gasteiger partial charge in [-0.3, -0.25) is 9.48 Å². The number of nitrogens with zero attached hydrogens (tertiary/aromatic N) is 6. The van der Waals surface area contributed by atoms with Crippen molar-refractivity contribution in [3.63, 3.8) is 0 Å². The van der Waals surface area contributed by atoms with Crippen molar-refractivity contribution in [3.8, 4) is 11.3 Å². The molecule has 1 aliphatic heterocycles. The lowest BCUT2D eigenvalue weighted by Crippen LogP contribution is -2.57. The van der Waals surface area contributed by atoms with Gasteiger partial charge in [-0.05, 0) is 18.1 Å². The molecule has 0 unspecified atom stereocenters. The van der Waals surface area contributed by atoms with Gasteiger partial charge in [-0.25, -0.2) is 23.7 Å². The SMILES string of the molecule is C[C@@H]1CC(F)(F)CN(C(=O)c2nn(C)cc2-c2cccc(C(F)(F)F)n2)[C@@H]1CNc1ncc(C(F)(F)F)cn1. The van der Waals surface area contributed by atoms with E-state index >= 15 is 0 Å². The van der Waals surface area contributed by atoms with Crippen LogP contribution in [0.5, 0.6) is 0 Å². The van der Waals surface area contributed by atoms with Crippen molar-refractivity contribution < 1.29 is 39.9 Å². The minimum atomic E-state index is -4.76. The molecule has 2 atom stereocenters. The lowest BCUT2D eigenvalue weighted by molar-refractivity contribution is -0.141. The lowest BCUT2D eigenvalue weighted by atomic mass is 9.88. The molecule has 1 saturated heterocycles. The molecule has 1 fully saturated rings. The number of rotatable bonds is 5. The van der Waals surface area contributed by atoms with Crippen LogP contribution >= 0.6 is 0 Å². The first-order valence-electron chi connectivity index (χ1n) is 11.5. The van der Waals surface area contributed by atoms with E-state index in [1.807, 2.05) is 0 Å². The number of pyridine rings is 1. The van der Waals surface area contributed by atoms with Crippen LogP contribution in [0, 0.1) is 5.92 Å². The van der Waals surface area contributed by atoms with Gasteiger partial charge in [0.15, 0.2) is 5.69 Å². The van der Waals surface area contributed by atoms with E-state index in [1.165, 1.54) is 26.2 Å². The van der Waals surface area contributed by atoms with Crippen molar-refractivity contribution in [1.82, 2.24) is 29.6 Å². The third-order valence-corrected chi connectivity index (χ3v) is 6.14. The maximum absolute atomic E-state index is 14.6. The molecule has 4 heterocycles. The monoisotopic (exact) mass is 563 g/mol. The molecule has 8 nitrogen and oxygen atoms in total. The number of carbonyl (C=O) groups excluding carboxylic acids is 1. The van der Waals surface area contributed by atoms with Gasteiger partial charge in [0, 0.05) is 38.6 Å². The zero-order valence-electron chi connectivity index (χ0n) is 20.4. The Labute approximate surface area is 216 Å². The largest absolute Gasteiger partial charge is 0.433 e. The van der Waals surface area contributed by atoms with Crippen LogP contribution in [0.1, 0.15) is 35.1 Å². The molecule has 3 aromatic rings. The summed E-state index contributed by atoms with van der Waals surface area (Å²) in [7, 11) is 1.41. The highest BCUT2D eigenvalue weighted by atomic mass is 19.4. The molecule has 39 heavy (non-hydrogen) atoms. The average Bonchev–Trinajstić information content (AvgIpc) is 3.23. The zero-order chi connectivity index (χ0) is 28.8. The van der Waals surface area contributed by atoms with E-state index in [4.69, 9.17) is 0 Å². The van der Waals surface area contributed by atoms with Crippen molar-refractivity contribution in [2.24, 2.45) is 13.0 Å². The summed E-state index contributed by atoms with van der Waals surface area (Å²) in [6.07, 6.45) is -7.63. The molecule has 3 aromatic heterocycles. The molecular formula is C23H21F8N7O. The second kappa shape index (κ2) is 10.0. The van der Waals surface area contributed by atoms with Crippen LogP contribution in [-0.2, 0) is 19.4 Å². The summed E-state index contributed by atoms with van der Waals surface area (Å²) in [5.74, 6) is -5.26. The van der Waals surface area contributed by atoms with Crippen LogP contribution < -0.4 is 5.32 Å². The summed E-state index contributed by atoms with van der Waals surface area (Å²) in [5, 5.41) is 6.69. The van der Waals surface area contributed by atoms with E-state index in [-0.39, 0.29) is 29.4 Å². The first kappa shape index (κ1) is 28.2. The van der Waals surface area contributed by atoms with Crippen LogP contribution in [-0.4, -0.2) is 60.6 Å². The van der Waals surface area contributed by atoms with Gasteiger partial charge in [0.25, 0.3) is 11.8 Å². The molecule has 0 spiro atoms. The van der Waals surface area contributed by atoms with E-state index in [2.05, 4.69) is 25.4 Å². The van der Waals surface area contributed by atoms with Crippen LogP contribution in [0.2, 0.25) is 0 Å². The maximum atomic E-state index is 14.6. The van der Waals surface area contributed by atoms with E-state index in [9.17, 15) is 39.9 Å². The number of hydrogen-bond donors (Lipinski definition) is 1. The number of halogens is 8. The Kier molecular flexibility index (Phi) is 7.25. The highest BCUT2D eigenvalue weighted by molar-refractivity contribution is 5.98. The van der Waals surface area contributed by atoms with E-state index in [0.29, 0.717) is 12.4 Å². The molecule has 0 aliphatic carbocycles. The van der Waals surface area contributed by atoms with Crippen LogP contribution in [0.25, 0.3) is 11.3 Å². The van der Waals surface area contributed by atoms with Crippen molar-refractivity contribution in [3.05, 3.63) is 53.7 Å². The summed E-state index contributed by atoms with van der Waals surface area (Å²) in [6, 6.07) is 2.17. The Morgan fingerprint density at radius 1 is 1.10 bits per heavy atom. The highest BCUT2D eigenvalue weighted by Gasteiger charge is 2.47. The van der Waals surface area contributed by atoms with E-state index in [0.717, 1.165) is 21.7 Å². The van der Waals surface area contributed by atoms with Gasteiger partial charge < -0.3 is 10.2 Å². The van der Waals surface area contributed by atoms with Crippen LogP contribution in [0.4, 0.5) is 41.1 Å². The van der Waals surface area contributed by atoms with Gasteiger partial charge >= 0.3 is 12.4 Å². The second-order valence-corrected chi connectivity index (χ2v) is 9.18. The van der Waals surface area contributed by atoms with E-state index < -0.39 is 60.4 Å². The molecule has 0 radical (unpaired) electrons. The first-order chi connectivity index (χ1) is 18.0. The second-order valence-electron chi connectivity index (χ2n) is 9.18. The number of alkyl halides is 8. The normalized spacial score (nSPS) is 19.7. The van der Waals surface area contributed by atoms with Gasteiger partial charge in [-0.2, -0.15) is 31.4 Å². The molecule has 1 N–H and O–H groups in total. The van der Waals surface area contributed by atoms with Crippen LogP contribution in [0.3, 0.4) is 0 Å². The summed E-state index contributed by atoms with van der Waals surface area (Å²) in [6.45, 7) is 0.266. The Hall–Kier alpha value is -3.85. The Balaban J connectivity index is 1.63. The van der Waals surface area contributed by atoms with Crippen molar-refractivity contribution >= 4 is 11.9 Å².